The average Bonchev–Trinajstić information content (AvgIpc) is 2.91. The zero-order chi connectivity index (χ0) is 15.7. The van der Waals surface area contributed by atoms with E-state index in [-0.39, 0.29) is 0 Å². The predicted octanol–water partition coefficient (Wildman–Crippen LogP) is 3.40. The summed E-state index contributed by atoms with van der Waals surface area (Å²) in [4.78, 5) is 17.2. The van der Waals surface area contributed by atoms with Crippen LogP contribution in [-0.4, -0.2) is 41.4 Å². The number of aryl methyl sites for hydroxylation is 1. The maximum Gasteiger partial charge on any atom is 0.237 e. The van der Waals surface area contributed by atoms with Crippen LogP contribution in [0.3, 0.4) is 0 Å². The number of rotatable bonds is 3. The number of carbonyl (C=O) groups excluding carboxylic acids is 1. The number of hydrogen-bond acceptors (Lipinski definition) is 2. The summed E-state index contributed by atoms with van der Waals surface area (Å²) in [6.07, 6.45) is 5.81. The molecule has 1 amide bonds. The zero-order valence-corrected chi connectivity index (χ0v) is 14.1. The van der Waals surface area contributed by atoms with Crippen molar-refractivity contribution >= 4 is 5.91 Å². The molecule has 0 aromatic heterocycles. The van der Waals surface area contributed by atoms with Gasteiger partial charge < -0.3 is 4.90 Å². The van der Waals surface area contributed by atoms with Gasteiger partial charge in [0.05, 0.1) is 6.54 Å². The largest absolute Gasteiger partial charge is 0.336 e. The standard InChI is InChI=1S/C19H28N2O/c1-14-7-6-8-15(2)21(14)19(22)13-20(3)18-12-11-16-9-4-5-10-17(16)18/h4-5,9-10,14-15,18H,6-8,11-13H2,1-3H3/t14-,15+,18-/m1/s1. The third-order valence-corrected chi connectivity index (χ3v) is 5.50. The van der Waals surface area contributed by atoms with Gasteiger partial charge in [0.15, 0.2) is 0 Å². The van der Waals surface area contributed by atoms with Crippen LogP contribution in [0.15, 0.2) is 24.3 Å². The summed E-state index contributed by atoms with van der Waals surface area (Å²) in [6.45, 7) is 4.92. The second-order valence-corrected chi connectivity index (χ2v) is 7.10. The SMILES string of the molecule is C[C@@H]1CCC[C@H](C)N1C(=O)CN(C)[C@@H]1CCc2ccccc21. The topological polar surface area (TPSA) is 23.6 Å². The van der Waals surface area contributed by atoms with Gasteiger partial charge in [-0.05, 0) is 64.1 Å². The van der Waals surface area contributed by atoms with Crippen LogP contribution < -0.4 is 0 Å². The van der Waals surface area contributed by atoms with E-state index in [4.69, 9.17) is 0 Å². The van der Waals surface area contributed by atoms with Gasteiger partial charge in [-0.25, -0.2) is 0 Å². The molecule has 0 radical (unpaired) electrons. The van der Waals surface area contributed by atoms with Gasteiger partial charge in [-0.1, -0.05) is 24.3 Å². The van der Waals surface area contributed by atoms with E-state index in [1.807, 2.05) is 0 Å². The van der Waals surface area contributed by atoms with Gasteiger partial charge in [-0.15, -0.1) is 0 Å². The van der Waals surface area contributed by atoms with Gasteiger partial charge in [-0.2, -0.15) is 0 Å². The van der Waals surface area contributed by atoms with E-state index in [2.05, 4.69) is 55.0 Å². The molecule has 3 heteroatoms. The number of likely N-dealkylation sites (N-methyl/N-ethyl adjacent to an activating group) is 1. The second-order valence-electron chi connectivity index (χ2n) is 7.10. The molecule has 0 bridgehead atoms. The van der Waals surface area contributed by atoms with Gasteiger partial charge in [0, 0.05) is 18.1 Å². The summed E-state index contributed by atoms with van der Waals surface area (Å²) in [5, 5.41) is 0. The highest BCUT2D eigenvalue weighted by atomic mass is 16.2. The molecule has 0 N–H and O–H groups in total. The van der Waals surface area contributed by atoms with Crippen LogP contribution in [0.2, 0.25) is 0 Å². The molecule has 1 heterocycles. The Kier molecular flexibility index (Phi) is 4.53. The highest BCUT2D eigenvalue weighted by molar-refractivity contribution is 5.79. The molecule has 3 nitrogen and oxygen atoms in total. The van der Waals surface area contributed by atoms with Crippen LogP contribution in [0, 0.1) is 0 Å². The molecule has 22 heavy (non-hydrogen) atoms. The monoisotopic (exact) mass is 300 g/mol. The Morgan fingerprint density at radius 3 is 2.59 bits per heavy atom. The van der Waals surface area contributed by atoms with Crippen molar-refractivity contribution in [3.63, 3.8) is 0 Å². The summed E-state index contributed by atoms with van der Waals surface area (Å²) < 4.78 is 0. The van der Waals surface area contributed by atoms with E-state index in [1.54, 1.807) is 0 Å². The molecule has 0 saturated carbocycles. The van der Waals surface area contributed by atoms with Crippen LogP contribution in [0.5, 0.6) is 0 Å². The Morgan fingerprint density at radius 2 is 1.86 bits per heavy atom. The van der Waals surface area contributed by atoms with Crippen molar-refractivity contribution in [1.82, 2.24) is 9.80 Å². The van der Waals surface area contributed by atoms with Crippen LogP contribution >= 0.6 is 0 Å². The second kappa shape index (κ2) is 6.41. The molecule has 1 aliphatic heterocycles. The van der Waals surface area contributed by atoms with Crippen LogP contribution in [-0.2, 0) is 11.2 Å². The fourth-order valence-corrected chi connectivity index (χ4v) is 4.31. The van der Waals surface area contributed by atoms with E-state index in [0.29, 0.717) is 30.6 Å². The van der Waals surface area contributed by atoms with Crippen molar-refractivity contribution in [2.24, 2.45) is 0 Å². The number of benzene rings is 1. The number of likely N-dealkylation sites (tertiary alicyclic amines) is 1. The Morgan fingerprint density at radius 1 is 1.18 bits per heavy atom. The van der Waals surface area contributed by atoms with Gasteiger partial charge in [0.1, 0.15) is 0 Å². The first-order valence-electron chi connectivity index (χ1n) is 8.67. The highest BCUT2D eigenvalue weighted by Gasteiger charge is 2.32. The maximum atomic E-state index is 12.8. The maximum absolute atomic E-state index is 12.8. The van der Waals surface area contributed by atoms with Crippen molar-refractivity contribution in [1.29, 1.82) is 0 Å². The lowest BCUT2D eigenvalue weighted by atomic mass is 9.97. The number of hydrogen-bond donors (Lipinski definition) is 0. The number of fused-ring (bicyclic) bond motifs is 1. The lowest BCUT2D eigenvalue weighted by molar-refractivity contribution is -0.138. The minimum Gasteiger partial charge on any atom is -0.336 e. The molecule has 120 valence electrons. The lowest BCUT2D eigenvalue weighted by Crippen LogP contribution is -2.50. The van der Waals surface area contributed by atoms with Crippen molar-refractivity contribution in [3.8, 4) is 0 Å². The number of amides is 1. The molecule has 1 aromatic carbocycles. The fraction of sp³-hybridized carbons (Fsp3) is 0.632. The normalized spacial score (nSPS) is 28.0. The molecule has 2 aliphatic rings. The number of piperidine rings is 1. The van der Waals surface area contributed by atoms with Crippen LogP contribution in [0.1, 0.15) is 56.7 Å². The number of carbonyl (C=O) groups is 1. The summed E-state index contributed by atoms with van der Waals surface area (Å²) in [5.74, 6) is 0.298. The van der Waals surface area contributed by atoms with Gasteiger partial charge >= 0.3 is 0 Å². The minimum atomic E-state index is 0.298. The van der Waals surface area contributed by atoms with E-state index in [1.165, 1.54) is 17.5 Å². The predicted molar refractivity (Wildman–Crippen MR) is 89.8 cm³/mol. The van der Waals surface area contributed by atoms with E-state index in [0.717, 1.165) is 25.7 Å². The third-order valence-electron chi connectivity index (χ3n) is 5.50. The molecule has 1 saturated heterocycles. The number of nitrogens with zero attached hydrogens (tertiary/aromatic N) is 2. The summed E-state index contributed by atoms with van der Waals surface area (Å²) in [7, 11) is 2.10. The van der Waals surface area contributed by atoms with Crippen molar-refractivity contribution < 1.29 is 4.79 Å². The quantitative estimate of drug-likeness (QED) is 0.854. The zero-order valence-electron chi connectivity index (χ0n) is 14.1. The molecule has 1 fully saturated rings. The Bertz CT molecular complexity index is 532. The summed E-state index contributed by atoms with van der Waals surface area (Å²) in [6, 6.07) is 9.85. The molecule has 1 aliphatic carbocycles. The first kappa shape index (κ1) is 15.5. The summed E-state index contributed by atoms with van der Waals surface area (Å²) in [5.41, 5.74) is 2.86. The Hall–Kier alpha value is -1.35. The first-order valence-corrected chi connectivity index (χ1v) is 8.67. The molecular formula is C19H28N2O. The first-order chi connectivity index (χ1) is 10.6. The van der Waals surface area contributed by atoms with E-state index >= 15 is 0 Å². The van der Waals surface area contributed by atoms with Crippen molar-refractivity contribution in [3.05, 3.63) is 35.4 Å². The van der Waals surface area contributed by atoms with E-state index in [9.17, 15) is 4.79 Å². The molecule has 3 rings (SSSR count). The molecule has 3 atom stereocenters. The fourth-order valence-electron chi connectivity index (χ4n) is 4.31. The van der Waals surface area contributed by atoms with Crippen molar-refractivity contribution in [2.45, 2.75) is 64.1 Å². The molecule has 0 spiro atoms. The van der Waals surface area contributed by atoms with Gasteiger partial charge in [-0.3, -0.25) is 9.69 Å². The lowest BCUT2D eigenvalue weighted by Gasteiger charge is -2.40. The molecule has 1 aromatic rings. The molecule has 0 unspecified atom stereocenters. The Labute approximate surface area is 134 Å². The summed E-state index contributed by atoms with van der Waals surface area (Å²) >= 11 is 0. The van der Waals surface area contributed by atoms with Gasteiger partial charge in [0.25, 0.3) is 0 Å². The highest BCUT2D eigenvalue weighted by Crippen LogP contribution is 2.35. The van der Waals surface area contributed by atoms with Crippen LogP contribution in [0.25, 0.3) is 0 Å². The van der Waals surface area contributed by atoms with Gasteiger partial charge in [0.2, 0.25) is 5.91 Å². The Balaban J connectivity index is 1.67. The average molecular weight is 300 g/mol. The van der Waals surface area contributed by atoms with Crippen LogP contribution in [0.4, 0.5) is 0 Å². The third kappa shape index (κ3) is 2.91. The molecular weight excluding hydrogens is 272 g/mol. The smallest absolute Gasteiger partial charge is 0.237 e. The van der Waals surface area contributed by atoms with Crippen molar-refractivity contribution in [2.75, 3.05) is 13.6 Å². The minimum absolute atomic E-state index is 0.298. The van der Waals surface area contributed by atoms with E-state index < -0.39 is 0 Å².